The number of carboxylic acids is 1. The first-order valence-electron chi connectivity index (χ1n) is 6.19. The lowest BCUT2D eigenvalue weighted by atomic mass is 9.99. The molecule has 0 amide bonds. The molecule has 4 heteroatoms. The third-order valence-electron chi connectivity index (χ3n) is 3.49. The van der Waals surface area contributed by atoms with Gasteiger partial charge in [-0.1, -0.05) is 12.5 Å². The summed E-state index contributed by atoms with van der Waals surface area (Å²) < 4.78 is 0. The van der Waals surface area contributed by atoms with Crippen LogP contribution >= 0.6 is 11.3 Å². The number of likely N-dealkylation sites (tertiary alicyclic amines) is 1. The normalized spacial score (nSPS) is 23.5. The highest BCUT2D eigenvalue weighted by Crippen LogP contribution is 2.33. The molecule has 0 aromatic carbocycles. The van der Waals surface area contributed by atoms with Crippen molar-refractivity contribution >= 4 is 17.3 Å². The molecule has 2 heterocycles. The molecular formula is C13H19NO2S. The lowest BCUT2D eigenvalue weighted by Gasteiger charge is -2.38. The molecule has 17 heavy (non-hydrogen) atoms. The Morgan fingerprint density at radius 3 is 3.06 bits per heavy atom. The maximum absolute atomic E-state index is 11.0. The van der Waals surface area contributed by atoms with Gasteiger partial charge in [0.25, 0.3) is 0 Å². The number of thiophene rings is 1. The van der Waals surface area contributed by atoms with Crippen LogP contribution in [0.4, 0.5) is 0 Å². The molecule has 3 nitrogen and oxygen atoms in total. The predicted molar refractivity (Wildman–Crippen MR) is 69.3 cm³/mol. The monoisotopic (exact) mass is 253 g/mol. The molecule has 0 bridgehead atoms. The molecule has 94 valence electrons. The van der Waals surface area contributed by atoms with E-state index < -0.39 is 5.97 Å². The van der Waals surface area contributed by atoms with E-state index in [1.54, 1.807) is 11.3 Å². The quantitative estimate of drug-likeness (QED) is 0.896. The topological polar surface area (TPSA) is 40.5 Å². The van der Waals surface area contributed by atoms with E-state index in [9.17, 15) is 4.79 Å². The summed E-state index contributed by atoms with van der Waals surface area (Å²) >= 11 is 1.66. The van der Waals surface area contributed by atoms with Crippen LogP contribution < -0.4 is 0 Å². The summed E-state index contributed by atoms with van der Waals surface area (Å²) in [4.78, 5) is 14.6. The zero-order chi connectivity index (χ0) is 12.3. The van der Waals surface area contributed by atoms with Crippen molar-refractivity contribution in [1.29, 1.82) is 0 Å². The van der Waals surface area contributed by atoms with Crippen LogP contribution in [-0.2, 0) is 4.79 Å². The van der Waals surface area contributed by atoms with Gasteiger partial charge in [0.2, 0.25) is 0 Å². The second kappa shape index (κ2) is 5.65. The van der Waals surface area contributed by atoms with Gasteiger partial charge in [0.05, 0.1) is 12.5 Å². The Kier molecular flexibility index (Phi) is 4.18. The number of carbonyl (C=O) groups is 1. The molecule has 2 atom stereocenters. The van der Waals surface area contributed by atoms with Crippen LogP contribution in [-0.4, -0.2) is 28.6 Å². The van der Waals surface area contributed by atoms with E-state index in [2.05, 4.69) is 17.9 Å². The van der Waals surface area contributed by atoms with E-state index in [0.29, 0.717) is 6.04 Å². The van der Waals surface area contributed by atoms with Gasteiger partial charge in [-0.05, 0) is 37.8 Å². The highest BCUT2D eigenvalue weighted by atomic mass is 32.1. The second-order valence-corrected chi connectivity index (χ2v) is 5.69. The summed E-state index contributed by atoms with van der Waals surface area (Å²) in [6.45, 7) is 3.23. The second-order valence-electron chi connectivity index (χ2n) is 4.71. The van der Waals surface area contributed by atoms with Gasteiger partial charge < -0.3 is 5.11 Å². The summed E-state index contributed by atoms with van der Waals surface area (Å²) in [6.07, 6.45) is 3.85. The first kappa shape index (κ1) is 12.6. The van der Waals surface area contributed by atoms with Gasteiger partial charge >= 0.3 is 5.97 Å². The van der Waals surface area contributed by atoms with Crippen molar-refractivity contribution in [2.24, 2.45) is 0 Å². The molecule has 1 aliphatic rings. The van der Waals surface area contributed by atoms with Crippen molar-refractivity contribution in [3.8, 4) is 0 Å². The average Bonchev–Trinajstić information content (AvgIpc) is 2.80. The highest BCUT2D eigenvalue weighted by Gasteiger charge is 2.29. The average molecular weight is 253 g/mol. The molecule has 1 aliphatic heterocycles. The van der Waals surface area contributed by atoms with E-state index in [4.69, 9.17) is 5.11 Å². The third-order valence-corrected chi connectivity index (χ3v) is 4.47. The molecule has 1 fully saturated rings. The first-order chi connectivity index (χ1) is 8.18. The lowest BCUT2D eigenvalue weighted by Crippen LogP contribution is -2.40. The smallest absolute Gasteiger partial charge is 0.305 e. The Morgan fingerprint density at radius 2 is 2.47 bits per heavy atom. The maximum Gasteiger partial charge on any atom is 0.305 e. The van der Waals surface area contributed by atoms with Gasteiger partial charge in [0, 0.05) is 10.9 Å². The Hall–Kier alpha value is -0.870. The first-order valence-corrected chi connectivity index (χ1v) is 7.07. The molecule has 1 aromatic heterocycles. The Bertz CT molecular complexity index is 364. The van der Waals surface area contributed by atoms with Crippen molar-refractivity contribution in [1.82, 2.24) is 4.90 Å². The van der Waals surface area contributed by atoms with E-state index in [1.165, 1.54) is 24.1 Å². The Morgan fingerprint density at radius 1 is 1.65 bits per heavy atom. The summed E-state index contributed by atoms with van der Waals surface area (Å²) in [7, 11) is 0. The minimum absolute atomic E-state index is 0.0581. The SMILES string of the molecule is CC1CCCCN1C(CC(=O)O)c1cccs1. The van der Waals surface area contributed by atoms with Crippen molar-refractivity contribution in [3.63, 3.8) is 0 Å². The molecule has 0 saturated carbocycles. The molecule has 0 radical (unpaired) electrons. The van der Waals surface area contributed by atoms with E-state index >= 15 is 0 Å². The molecule has 0 spiro atoms. The zero-order valence-corrected chi connectivity index (χ0v) is 10.9. The lowest BCUT2D eigenvalue weighted by molar-refractivity contribution is -0.138. The van der Waals surface area contributed by atoms with Gasteiger partial charge in [-0.15, -0.1) is 11.3 Å². The fourth-order valence-corrected chi connectivity index (χ4v) is 3.46. The van der Waals surface area contributed by atoms with Gasteiger partial charge in [0.1, 0.15) is 0 Å². The standard InChI is InChI=1S/C13H19NO2S/c1-10-5-2-3-7-14(10)11(9-13(15)16)12-6-4-8-17-12/h4,6,8,10-11H,2-3,5,7,9H2,1H3,(H,15,16). The number of hydrogen-bond donors (Lipinski definition) is 1. The molecule has 1 N–H and O–H groups in total. The van der Waals surface area contributed by atoms with Crippen LogP contribution in [0.25, 0.3) is 0 Å². The van der Waals surface area contributed by atoms with Crippen LogP contribution in [0, 0.1) is 0 Å². The van der Waals surface area contributed by atoms with Crippen molar-refractivity contribution in [3.05, 3.63) is 22.4 Å². The minimum atomic E-state index is -0.707. The number of piperidine rings is 1. The molecule has 0 aliphatic carbocycles. The zero-order valence-electron chi connectivity index (χ0n) is 10.1. The fourth-order valence-electron chi connectivity index (χ4n) is 2.61. The molecule has 1 saturated heterocycles. The van der Waals surface area contributed by atoms with Gasteiger partial charge in [-0.2, -0.15) is 0 Å². The van der Waals surface area contributed by atoms with Crippen molar-refractivity contribution < 1.29 is 9.90 Å². The molecule has 2 rings (SSSR count). The summed E-state index contributed by atoms with van der Waals surface area (Å²) in [6, 6.07) is 4.61. The molecular weight excluding hydrogens is 234 g/mol. The van der Waals surface area contributed by atoms with Crippen molar-refractivity contribution in [2.45, 2.75) is 44.7 Å². The summed E-state index contributed by atoms with van der Waals surface area (Å²) in [5.74, 6) is -0.707. The fraction of sp³-hybridized carbons (Fsp3) is 0.615. The van der Waals surface area contributed by atoms with E-state index in [0.717, 1.165) is 6.54 Å². The number of hydrogen-bond acceptors (Lipinski definition) is 3. The predicted octanol–water partition coefficient (Wildman–Crippen LogP) is 3.14. The number of carboxylic acid groups (broad SMARTS) is 1. The third kappa shape index (κ3) is 3.07. The Labute approximate surface area is 106 Å². The van der Waals surface area contributed by atoms with E-state index in [1.807, 2.05) is 11.4 Å². The maximum atomic E-state index is 11.0. The van der Waals surface area contributed by atoms with Crippen LogP contribution in [0.5, 0.6) is 0 Å². The highest BCUT2D eigenvalue weighted by molar-refractivity contribution is 7.10. The van der Waals surface area contributed by atoms with Crippen LogP contribution in [0.2, 0.25) is 0 Å². The summed E-state index contributed by atoms with van der Waals surface area (Å²) in [5, 5.41) is 11.1. The van der Waals surface area contributed by atoms with Gasteiger partial charge in [-0.25, -0.2) is 0 Å². The van der Waals surface area contributed by atoms with Crippen LogP contribution in [0.1, 0.15) is 43.5 Å². The number of nitrogens with zero attached hydrogens (tertiary/aromatic N) is 1. The number of rotatable bonds is 4. The van der Waals surface area contributed by atoms with Gasteiger partial charge in [-0.3, -0.25) is 9.69 Å². The van der Waals surface area contributed by atoms with Crippen molar-refractivity contribution in [2.75, 3.05) is 6.54 Å². The Balaban J connectivity index is 2.17. The molecule has 1 aromatic rings. The number of aliphatic carboxylic acids is 1. The minimum Gasteiger partial charge on any atom is -0.481 e. The van der Waals surface area contributed by atoms with Crippen LogP contribution in [0.15, 0.2) is 17.5 Å². The van der Waals surface area contributed by atoms with E-state index in [-0.39, 0.29) is 12.5 Å². The molecule has 2 unspecified atom stereocenters. The largest absolute Gasteiger partial charge is 0.481 e. The van der Waals surface area contributed by atoms with Crippen LogP contribution in [0.3, 0.4) is 0 Å². The van der Waals surface area contributed by atoms with Gasteiger partial charge in [0.15, 0.2) is 0 Å². The summed E-state index contributed by atoms with van der Waals surface area (Å²) in [5.41, 5.74) is 0.